The fraction of sp³-hybridized carbons (Fsp3) is 0.385. The molecule has 0 fully saturated rings. The fourth-order valence-corrected chi connectivity index (χ4v) is 1.30. The Morgan fingerprint density at radius 2 is 1.89 bits per heavy atom. The van der Waals surface area contributed by atoms with Crippen LogP contribution >= 0.6 is 0 Å². The summed E-state index contributed by atoms with van der Waals surface area (Å²) in [5, 5.41) is 17.5. The Hall–Kier alpha value is -1.92. The number of esters is 1. The third-order valence-corrected chi connectivity index (χ3v) is 2.36. The first-order chi connectivity index (χ1) is 9.06. The Kier molecular flexibility index (Phi) is 5.98. The minimum atomic E-state index is -1.12. The van der Waals surface area contributed by atoms with Crippen molar-refractivity contribution in [2.24, 2.45) is 0 Å². The van der Waals surface area contributed by atoms with Crippen molar-refractivity contribution < 1.29 is 29.3 Å². The van der Waals surface area contributed by atoms with E-state index in [2.05, 4.69) is 4.74 Å². The van der Waals surface area contributed by atoms with Gasteiger partial charge in [0.25, 0.3) is 0 Å². The maximum atomic E-state index is 11.7. The highest BCUT2D eigenvalue weighted by Gasteiger charge is 2.14. The number of hydrogen-bond donors (Lipinski definition) is 2. The number of rotatable bonds is 7. The third kappa shape index (κ3) is 5.07. The number of carbonyl (C=O) groups is 2. The average molecular weight is 268 g/mol. The van der Waals surface area contributed by atoms with Crippen LogP contribution in [0.3, 0.4) is 0 Å². The Morgan fingerprint density at radius 1 is 1.26 bits per heavy atom. The minimum Gasteiger partial charge on any atom is -0.497 e. The number of benzene rings is 1. The summed E-state index contributed by atoms with van der Waals surface area (Å²) in [5.74, 6) is -0.510. The molecule has 104 valence electrons. The molecule has 0 saturated carbocycles. The Morgan fingerprint density at radius 3 is 2.42 bits per heavy atom. The van der Waals surface area contributed by atoms with Gasteiger partial charge in [-0.3, -0.25) is 9.59 Å². The highest BCUT2D eigenvalue weighted by molar-refractivity contribution is 6.05. The fourth-order valence-electron chi connectivity index (χ4n) is 1.30. The van der Waals surface area contributed by atoms with Crippen molar-refractivity contribution in [3.63, 3.8) is 0 Å². The Bertz CT molecular complexity index is 425. The molecule has 1 unspecified atom stereocenters. The second-order valence-corrected chi connectivity index (χ2v) is 3.85. The number of aliphatic hydroxyl groups is 2. The molecule has 6 nitrogen and oxygen atoms in total. The van der Waals surface area contributed by atoms with E-state index in [1.165, 1.54) is 7.11 Å². The van der Waals surface area contributed by atoms with Crippen molar-refractivity contribution in [1.29, 1.82) is 0 Å². The van der Waals surface area contributed by atoms with Crippen LogP contribution in [0, 0.1) is 0 Å². The number of carbonyl (C=O) groups excluding carboxylic acids is 2. The summed E-state index contributed by atoms with van der Waals surface area (Å²) in [5.41, 5.74) is 0.375. The summed E-state index contributed by atoms with van der Waals surface area (Å²) in [7, 11) is 1.51. The van der Waals surface area contributed by atoms with Gasteiger partial charge in [0.05, 0.1) is 13.7 Å². The standard InChI is InChI=1S/C13H16O6/c1-18-11-4-2-9(3-5-11)12(16)6-13(17)19-8-10(15)7-14/h2-5,10,14-15H,6-8H2,1H3. The molecule has 1 rings (SSSR count). The molecule has 0 aromatic heterocycles. The van der Waals surface area contributed by atoms with Gasteiger partial charge in [0.1, 0.15) is 24.9 Å². The zero-order valence-corrected chi connectivity index (χ0v) is 10.5. The van der Waals surface area contributed by atoms with Gasteiger partial charge in [-0.15, -0.1) is 0 Å². The molecule has 19 heavy (non-hydrogen) atoms. The molecule has 1 aromatic rings. The van der Waals surface area contributed by atoms with Crippen LogP contribution < -0.4 is 4.74 Å². The van der Waals surface area contributed by atoms with Gasteiger partial charge in [-0.25, -0.2) is 0 Å². The maximum absolute atomic E-state index is 11.7. The SMILES string of the molecule is COc1ccc(C(=O)CC(=O)OCC(O)CO)cc1. The average Bonchev–Trinajstić information content (AvgIpc) is 2.44. The molecule has 0 bridgehead atoms. The van der Waals surface area contributed by atoms with Crippen LogP contribution in [-0.4, -0.2) is 48.4 Å². The van der Waals surface area contributed by atoms with Gasteiger partial charge >= 0.3 is 5.97 Å². The van der Waals surface area contributed by atoms with E-state index >= 15 is 0 Å². The van der Waals surface area contributed by atoms with Gasteiger partial charge in [0, 0.05) is 5.56 Å². The van der Waals surface area contributed by atoms with E-state index in [1.54, 1.807) is 24.3 Å². The van der Waals surface area contributed by atoms with E-state index in [9.17, 15) is 9.59 Å². The molecule has 2 N–H and O–H groups in total. The lowest BCUT2D eigenvalue weighted by atomic mass is 10.1. The molecule has 0 radical (unpaired) electrons. The Balaban J connectivity index is 2.47. The van der Waals surface area contributed by atoms with E-state index in [0.29, 0.717) is 11.3 Å². The van der Waals surface area contributed by atoms with Crippen molar-refractivity contribution in [1.82, 2.24) is 0 Å². The molecule has 0 aliphatic rings. The van der Waals surface area contributed by atoms with Crippen molar-refractivity contribution in [3.8, 4) is 5.75 Å². The van der Waals surface area contributed by atoms with E-state index in [0.717, 1.165) is 0 Å². The van der Waals surface area contributed by atoms with Crippen LogP contribution in [-0.2, 0) is 9.53 Å². The van der Waals surface area contributed by atoms with E-state index in [1.807, 2.05) is 0 Å². The second-order valence-electron chi connectivity index (χ2n) is 3.85. The lowest BCUT2D eigenvalue weighted by Gasteiger charge is -2.08. The topological polar surface area (TPSA) is 93.1 Å². The predicted molar refractivity (Wildman–Crippen MR) is 66.0 cm³/mol. The van der Waals surface area contributed by atoms with Gasteiger partial charge in [0.2, 0.25) is 0 Å². The predicted octanol–water partition coefficient (Wildman–Crippen LogP) is 0.164. The summed E-state index contributed by atoms with van der Waals surface area (Å²) >= 11 is 0. The van der Waals surface area contributed by atoms with Crippen LogP contribution in [0.2, 0.25) is 0 Å². The minimum absolute atomic E-state index is 0.328. The quantitative estimate of drug-likeness (QED) is 0.416. The molecule has 6 heteroatoms. The summed E-state index contributed by atoms with van der Waals surface area (Å²) in [6.07, 6.45) is -1.54. The van der Waals surface area contributed by atoms with Gasteiger partial charge < -0.3 is 19.7 Å². The molecule has 1 atom stereocenters. The van der Waals surface area contributed by atoms with Crippen molar-refractivity contribution in [2.45, 2.75) is 12.5 Å². The first kappa shape index (κ1) is 15.1. The first-order valence-corrected chi connectivity index (χ1v) is 5.68. The van der Waals surface area contributed by atoms with Crippen LogP contribution in [0.15, 0.2) is 24.3 Å². The first-order valence-electron chi connectivity index (χ1n) is 5.68. The number of Topliss-reactive ketones (excluding diaryl/α,β-unsaturated/α-hetero) is 1. The van der Waals surface area contributed by atoms with Gasteiger partial charge in [-0.2, -0.15) is 0 Å². The Labute approximate surface area is 110 Å². The molecule has 0 aliphatic heterocycles. The van der Waals surface area contributed by atoms with Crippen LogP contribution in [0.25, 0.3) is 0 Å². The van der Waals surface area contributed by atoms with Crippen LogP contribution in [0.5, 0.6) is 5.75 Å². The summed E-state index contributed by atoms with van der Waals surface area (Å²) in [4.78, 5) is 23.0. The summed E-state index contributed by atoms with van der Waals surface area (Å²) < 4.78 is 9.59. The van der Waals surface area contributed by atoms with Gasteiger partial charge in [-0.1, -0.05) is 0 Å². The number of aliphatic hydroxyl groups excluding tert-OH is 2. The number of ether oxygens (including phenoxy) is 2. The normalized spacial score (nSPS) is 11.7. The molecular formula is C13H16O6. The molecule has 0 spiro atoms. The zero-order chi connectivity index (χ0) is 14.3. The molecule has 0 saturated heterocycles. The maximum Gasteiger partial charge on any atom is 0.313 e. The highest BCUT2D eigenvalue weighted by Crippen LogP contribution is 2.12. The van der Waals surface area contributed by atoms with Crippen molar-refractivity contribution in [2.75, 3.05) is 20.3 Å². The zero-order valence-electron chi connectivity index (χ0n) is 10.5. The third-order valence-electron chi connectivity index (χ3n) is 2.36. The second kappa shape index (κ2) is 7.50. The van der Waals surface area contributed by atoms with Crippen molar-refractivity contribution >= 4 is 11.8 Å². The molecule has 0 amide bonds. The van der Waals surface area contributed by atoms with E-state index < -0.39 is 25.1 Å². The summed E-state index contributed by atoms with van der Waals surface area (Å²) in [6, 6.07) is 6.34. The molecule has 0 heterocycles. The summed E-state index contributed by atoms with van der Waals surface area (Å²) in [6.45, 7) is -0.828. The van der Waals surface area contributed by atoms with Crippen LogP contribution in [0.4, 0.5) is 0 Å². The lowest BCUT2D eigenvalue weighted by Crippen LogP contribution is -2.23. The molecular weight excluding hydrogens is 252 g/mol. The number of hydrogen-bond acceptors (Lipinski definition) is 6. The highest BCUT2D eigenvalue weighted by atomic mass is 16.5. The lowest BCUT2D eigenvalue weighted by molar-refractivity contribution is -0.146. The largest absolute Gasteiger partial charge is 0.497 e. The smallest absolute Gasteiger partial charge is 0.313 e. The monoisotopic (exact) mass is 268 g/mol. The molecule has 1 aromatic carbocycles. The number of methoxy groups -OCH3 is 1. The van der Waals surface area contributed by atoms with Crippen molar-refractivity contribution in [3.05, 3.63) is 29.8 Å². The van der Waals surface area contributed by atoms with E-state index in [-0.39, 0.29) is 12.4 Å². The van der Waals surface area contributed by atoms with E-state index in [4.69, 9.17) is 14.9 Å². The molecule has 0 aliphatic carbocycles. The van der Waals surface area contributed by atoms with Gasteiger partial charge in [0.15, 0.2) is 5.78 Å². The number of ketones is 1. The van der Waals surface area contributed by atoms with Gasteiger partial charge in [-0.05, 0) is 24.3 Å². The van der Waals surface area contributed by atoms with Crippen LogP contribution in [0.1, 0.15) is 16.8 Å².